The molecule has 0 saturated carbocycles. The highest BCUT2D eigenvalue weighted by molar-refractivity contribution is 5.96. The fourth-order valence-corrected chi connectivity index (χ4v) is 3.94. The van der Waals surface area contributed by atoms with Crippen LogP contribution in [0.3, 0.4) is 0 Å². The molecule has 2 N–H and O–H groups in total. The predicted molar refractivity (Wildman–Crippen MR) is 107 cm³/mol. The molecule has 8 heteroatoms. The molecular weight excluding hydrogens is 354 g/mol. The molecule has 0 spiro atoms. The minimum Gasteiger partial charge on any atom is -0.348 e. The molecule has 3 aromatic rings. The Morgan fingerprint density at radius 3 is 2.79 bits per heavy atom. The van der Waals surface area contributed by atoms with Gasteiger partial charge in [0.05, 0.1) is 5.69 Å². The zero-order chi connectivity index (χ0) is 19.8. The van der Waals surface area contributed by atoms with Gasteiger partial charge in [-0.25, -0.2) is 9.50 Å². The van der Waals surface area contributed by atoms with Gasteiger partial charge in [0.2, 0.25) is 0 Å². The van der Waals surface area contributed by atoms with Gasteiger partial charge in [0.1, 0.15) is 12.0 Å². The fraction of sp³-hybridized carbons (Fsp3) is 0.500. The number of likely N-dealkylation sites (tertiary alicyclic amines) is 1. The van der Waals surface area contributed by atoms with Crippen LogP contribution in [0, 0.1) is 6.92 Å². The number of carbonyl (C=O) groups excluding carboxylic acids is 1. The summed E-state index contributed by atoms with van der Waals surface area (Å²) >= 11 is 0. The number of fused-ring (bicyclic) bond motifs is 1. The quantitative estimate of drug-likeness (QED) is 0.724. The number of carbonyl (C=O) groups is 1. The van der Waals surface area contributed by atoms with Gasteiger partial charge in [0.15, 0.2) is 5.65 Å². The van der Waals surface area contributed by atoms with E-state index in [1.165, 1.54) is 0 Å². The molecule has 3 aromatic heterocycles. The molecule has 1 aliphatic rings. The summed E-state index contributed by atoms with van der Waals surface area (Å²) in [6.07, 6.45) is 5.40. The highest BCUT2D eigenvalue weighted by Crippen LogP contribution is 2.31. The molecule has 1 saturated heterocycles. The van der Waals surface area contributed by atoms with Crippen molar-refractivity contribution < 1.29 is 4.79 Å². The van der Waals surface area contributed by atoms with Gasteiger partial charge in [0, 0.05) is 23.4 Å². The molecule has 148 valence electrons. The summed E-state index contributed by atoms with van der Waals surface area (Å²) in [5.74, 6) is 0.0781. The van der Waals surface area contributed by atoms with Crippen molar-refractivity contribution in [2.24, 2.45) is 0 Å². The van der Waals surface area contributed by atoms with Crippen molar-refractivity contribution in [2.45, 2.75) is 45.6 Å². The zero-order valence-electron chi connectivity index (χ0n) is 16.9. The van der Waals surface area contributed by atoms with Crippen LogP contribution in [0.1, 0.15) is 54.2 Å². The Morgan fingerprint density at radius 1 is 1.32 bits per heavy atom. The number of nitrogens with one attached hydrogen (secondary N) is 2. The molecule has 1 aliphatic heterocycles. The van der Waals surface area contributed by atoms with Crippen LogP contribution < -0.4 is 5.32 Å². The summed E-state index contributed by atoms with van der Waals surface area (Å²) in [4.78, 5) is 19.5. The van der Waals surface area contributed by atoms with Crippen molar-refractivity contribution >= 4 is 11.6 Å². The predicted octanol–water partition coefficient (Wildman–Crippen LogP) is 2.38. The summed E-state index contributed by atoms with van der Waals surface area (Å²) in [5, 5.41) is 14.9. The minimum absolute atomic E-state index is 0.0736. The molecule has 0 aliphatic carbocycles. The highest BCUT2D eigenvalue weighted by Gasteiger charge is 2.26. The summed E-state index contributed by atoms with van der Waals surface area (Å²) in [6, 6.07) is 2.26. The van der Waals surface area contributed by atoms with Crippen molar-refractivity contribution in [1.82, 2.24) is 35.0 Å². The first kappa shape index (κ1) is 18.6. The Bertz CT molecular complexity index is 995. The Morgan fingerprint density at radius 2 is 2.07 bits per heavy atom. The molecular formula is C20H27N7O. The van der Waals surface area contributed by atoms with Gasteiger partial charge in [-0.3, -0.25) is 9.89 Å². The highest BCUT2D eigenvalue weighted by atomic mass is 16.2. The van der Waals surface area contributed by atoms with Crippen LogP contribution in [0.4, 0.5) is 0 Å². The maximum Gasteiger partial charge on any atom is 0.269 e. The van der Waals surface area contributed by atoms with Crippen molar-refractivity contribution in [2.75, 3.05) is 20.1 Å². The number of rotatable bonds is 4. The number of hydrogen-bond acceptors (Lipinski definition) is 5. The van der Waals surface area contributed by atoms with E-state index in [0.717, 1.165) is 54.0 Å². The van der Waals surface area contributed by atoms with E-state index in [0.29, 0.717) is 5.69 Å². The lowest BCUT2D eigenvalue weighted by Gasteiger charge is -2.29. The van der Waals surface area contributed by atoms with E-state index in [4.69, 9.17) is 0 Å². The molecule has 0 bridgehead atoms. The first-order valence-electron chi connectivity index (χ1n) is 9.82. The average molecular weight is 381 g/mol. The maximum atomic E-state index is 13.0. The van der Waals surface area contributed by atoms with Gasteiger partial charge >= 0.3 is 0 Å². The van der Waals surface area contributed by atoms with Crippen LogP contribution in [0.25, 0.3) is 16.9 Å². The van der Waals surface area contributed by atoms with Gasteiger partial charge < -0.3 is 10.2 Å². The van der Waals surface area contributed by atoms with Gasteiger partial charge in [-0.2, -0.15) is 10.2 Å². The van der Waals surface area contributed by atoms with Crippen LogP contribution in [0.5, 0.6) is 0 Å². The lowest BCUT2D eigenvalue weighted by molar-refractivity contribution is 0.0910. The van der Waals surface area contributed by atoms with E-state index in [9.17, 15) is 4.79 Å². The van der Waals surface area contributed by atoms with Crippen molar-refractivity contribution in [3.8, 4) is 11.3 Å². The number of amides is 1. The van der Waals surface area contributed by atoms with Gasteiger partial charge in [-0.1, -0.05) is 13.8 Å². The normalized spacial score (nSPS) is 16.2. The Kier molecular flexibility index (Phi) is 4.89. The Hall–Kier alpha value is -2.74. The monoisotopic (exact) mass is 381 g/mol. The average Bonchev–Trinajstić information content (AvgIpc) is 3.30. The lowest BCUT2D eigenvalue weighted by atomic mass is 9.96. The van der Waals surface area contributed by atoms with Crippen LogP contribution in [0.2, 0.25) is 0 Å². The molecule has 0 aromatic carbocycles. The molecule has 4 rings (SSSR count). The summed E-state index contributed by atoms with van der Waals surface area (Å²) < 4.78 is 1.75. The van der Waals surface area contributed by atoms with Gasteiger partial charge in [-0.05, 0) is 57.5 Å². The second kappa shape index (κ2) is 7.35. The van der Waals surface area contributed by atoms with Crippen LogP contribution in [-0.4, -0.2) is 61.8 Å². The Labute approximate surface area is 164 Å². The smallest absolute Gasteiger partial charge is 0.269 e. The van der Waals surface area contributed by atoms with E-state index < -0.39 is 0 Å². The standard InChI is InChI=1S/C20H27N7O/c1-12(2)16-17(14-9-13(3)19-21-11-22-27(19)10-14)24-25-18(16)20(28)23-15-5-7-26(4)8-6-15/h9-12,15H,5-8H2,1-4H3,(H,23,28)(H,24,25). The van der Waals surface area contributed by atoms with Crippen LogP contribution >= 0.6 is 0 Å². The SMILES string of the molecule is Cc1cc(-c2n[nH]c(C(=O)NC3CCN(C)CC3)c2C(C)C)cn2ncnc12. The van der Waals surface area contributed by atoms with Crippen molar-refractivity contribution in [3.05, 3.63) is 35.4 Å². The summed E-state index contributed by atoms with van der Waals surface area (Å²) in [5.41, 5.74) is 5.05. The first-order chi connectivity index (χ1) is 13.4. The zero-order valence-corrected chi connectivity index (χ0v) is 16.9. The molecule has 0 radical (unpaired) electrons. The largest absolute Gasteiger partial charge is 0.348 e. The van der Waals surface area contributed by atoms with E-state index in [2.05, 4.69) is 51.4 Å². The van der Waals surface area contributed by atoms with Crippen LogP contribution in [0.15, 0.2) is 18.6 Å². The van der Waals surface area contributed by atoms with Crippen molar-refractivity contribution in [1.29, 1.82) is 0 Å². The van der Waals surface area contributed by atoms with Crippen LogP contribution in [-0.2, 0) is 0 Å². The number of aromatic nitrogens is 5. The van der Waals surface area contributed by atoms with E-state index in [-0.39, 0.29) is 17.9 Å². The third-order valence-corrected chi connectivity index (χ3v) is 5.49. The molecule has 1 amide bonds. The topological polar surface area (TPSA) is 91.2 Å². The lowest BCUT2D eigenvalue weighted by Crippen LogP contribution is -2.43. The number of nitrogens with zero attached hydrogens (tertiary/aromatic N) is 5. The number of aryl methyl sites for hydroxylation is 1. The molecule has 0 unspecified atom stereocenters. The molecule has 28 heavy (non-hydrogen) atoms. The maximum absolute atomic E-state index is 13.0. The molecule has 4 heterocycles. The fourth-order valence-electron chi connectivity index (χ4n) is 3.94. The third-order valence-electron chi connectivity index (χ3n) is 5.49. The summed E-state index contributed by atoms with van der Waals surface area (Å²) in [7, 11) is 2.12. The van der Waals surface area contributed by atoms with E-state index in [1.807, 2.05) is 19.2 Å². The number of H-pyrrole nitrogens is 1. The van der Waals surface area contributed by atoms with E-state index >= 15 is 0 Å². The molecule has 0 atom stereocenters. The van der Waals surface area contributed by atoms with Gasteiger partial charge in [0.25, 0.3) is 5.91 Å². The molecule has 8 nitrogen and oxygen atoms in total. The third kappa shape index (κ3) is 3.40. The number of aromatic amines is 1. The summed E-state index contributed by atoms with van der Waals surface area (Å²) in [6.45, 7) is 8.19. The molecule has 1 fully saturated rings. The number of pyridine rings is 1. The second-order valence-electron chi connectivity index (χ2n) is 8.01. The first-order valence-corrected chi connectivity index (χ1v) is 9.82. The number of piperidine rings is 1. The number of hydrogen-bond donors (Lipinski definition) is 2. The minimum atomic E-state index is -0.0736. The Balaban J connectivity index is 1.66. The second-order valence-corrected chi connectivity index (χ2v) is 8.01. The van der Waals surface area contributed by atoms with E-state index in [1.54, 1.807) is 10.8 Å². The van der Waals surface area contributed by atoms with Gasteiger partial charge in [-0.15, -0.1) is 0 Å². The van der Waals surface area contributed by atoms with Crippen molar-refractivity contribution in [3.63, 3.8) is 0 Å².